The standard InChI is InChI=1S/C24H20N2O4/c1-29-18-6-4-5-17(13-18)26-14-15(11-23(26)27)24(28)25-16-9-10-20-19-7-2-3-8-21(19)30-22(20)12-16/h2-10,12-13,15H,11,14H2,1H3,(H,25,28)/t15-/m0/s1. The molecular formula is C24H20N2O4. The van der Waals surface area contributed by atoms with E-state index in [0.29, 0.717) is 18.0 Å². The number of carbonyl (C=O) groups is 2. The molecule has 150 valence electrons. The molecule has 30 heavy (non-hydrogen) atoms. The van der Waals surface area contributed by atoms with Crippen molar-refractivity contribution in [3.63, 3.8) is 0 Å². The van der Waals surface area contributed by atoms with Crippen LogP contribution in [0.1, 0.15) is 6.42 Å². The molecule has 4 aromatic rings. The fourth-order valence-corrected chi connectivity index (χ4v) is 3.96. The summed E-state index contributed by atoms with van der Waals surface area (Å²) in [5, 5.41) is 4.98. The lowest BCUT2D eigenvalue weighted by molar-refractivity contribution is -0.122. The van der Waals surface area contributed by atoms with Gasteiger partial charge in [-0.25, -0.2) is 0 Å². The van der Waals surface area contributed by atoms with Gasteiger partial charge in [0.1, 0.15) is 16.9 Å². The number of fused-ring (bicyclic) bond motifs is 3. The summed E-state index contributed by atoms with van der Waals surface area (Å²) in [4.78, 5) is 27.0. The van der Waals surface area contributed by atoms with Crippen molar-refractivity contribution in [2.75, 3.05) is 23.9 Å². The van der Waals surface area contributed by atoms with E-state index >= 15 is 0 Å². The second-order valence-electron chi connectivity index (χ2n) is 7.41. The zero-order valence-electron chi connectivity index (χ0n) is 16.4. The normalized spacial score (nSPS) is 16.4. The summed E-state index contributed by atoms with van der Waals surface area (Å²) >= 11 is 0. The lowest BCUT2D eigenvalue weighted by atomic mass is 10.1. The second-order valence-corrected chi connectivity index (χ2v) is 7.41. The summed E-state index contributed by atoms with van der Waals surface area (Å²) in [6.07, 6.45) is 0.177. The summed E-state index contributed by atoms with van der Waals surface area (Å²) in [7, 11) is 1.58. The first-order valence-corrected chi connectivity index (χ1v) is 9.79. The smallest absolute Gasteiger partial charge is 0.229 e. The van der Waals surface area contributed by atoms with Crippen LogP contribution < -0.4 is 15.0 Å². The maximum Gasteiger partial charge on any atom is 0.229 e. The second kappa shape index (κ2) is 7.22. The van der Waals surface area contributed by atoms with Gasteiger partial charge in [0.15, 0.2) is 0 Å². The topological polar surface area (TPSA) is 71.8 Å². The Morgan fingerprint density at radius 3 is 2.73 bits per heavy atom. The van der Waals surface area contributed by atoms with E-state index in [4.69, 9.17) is 9.15 Å². The average Bonchev–Trinajstić information content (AvgIpc) is 3.34. The predicted octanol–water partition coefficient (Wildman–Crippen LogP) is 4.59. The number of benzene rings is 3. The molecule has 1 atom stereocenters. The van der Waals surface area contributed by atoms with Gasteiger partial charge in [0.2, 0.25) is 11.8 Å². The van der Waals surface area contributed by atoms with Crippen molar-refractivity contribution in [1.29, 1.82) is 0 Å². The molecule has 6 heteroatoms. The number of amides is 2. The first kappa shape index (κ1) is 18.2. The number of ether oxygens (including phenoxy) is 1. The third-order valence-electron chi connectivity index (χ3n) is 5.51. The molecule has 1 N–H and O–H groups in total. The van der Waals surface area contributed by atoms with Gasteiger partial charge in [-0.15, -0.1) is 0 Å². The molecule has 6 nitrogen and oxygen atoms in total. The van der Waals surface area contributed by atoms with Gasteiger partial charge in [-0.3, -0.25) is 9.59 Å². The van der Waals surface area contributed by atoms with Crippen molar-refractivity contribution < 1.29 is 18.7 Å². The zero-order chi connectivity index (χ0) is 20.7. The number of hydrogen-bond acceptors (Lipinski definition) is 4. The lowest BCUT2D eigenvalue weighted by Crippen LogP contribution is -2.28. The van der Waals surface area contributed by atoms with Gasteiger partial charge in [-0.05, 0) is 30.3 Å². The number of furan rings is 1. The van der Waals surface area contributed by atoms with Crippen molar-refractivity contribution in [1.82, 2.24) is 0 Å². The molecule has 1 saturated heterocycles. The number of rotatable bonds is 4. The van der Waals surface area contributed by atoms with E-state index in [2.05, 4.69) is 5.32 Å². The number of para-hydroxylation sites is 1. The molecule has 2 amide bonds. The van der Waals surface area contributed by atoms with Gasteiger partial charge < -0.3 is 19.4 Å². The molecule has 0 radical (unpaired) electrons. The predicted molar refractivity (Wildman–Crippen MR) is 116 cm³/mol. The Hall–Kier alpha value is -3.80. The molecule has 1 aliphatic rings. The molecule has 0 unspecified atom stereocenters. The fourth-order valence-electron chi connectivity index (χ4n) is 3.96. The molecule has 5 rings (SSSR count). The molecular weight excluding hydrogens is 380 g/mol. The van der Waals surface area contributed by atoms with Gasteiger partial charge >= 0.3 is 0 Å². The van der Waals surface area contributed by atoms with Crippen LogP contribution in [0.2, 0.25) is 0 Å². The molecule has 0 aliphatic carbocycles. The van der Waals surface area contributed by atoms with Gasteiger partial charge in [-0.1, -0.05) is 24.3 Å². The third-order valence-corrected chi connectivity index (χ3v) is 5.51. The van der Waals surface area contributed by atoms with Crippen LogP contribution in [0.5, 0.6) is 5.75 Å². The Balaban J connectivity index is 1.34. The number of methoxy groups -OCH3 is 1. The van der Waals surface area contributed by atoms with Crippen molar-refractivity contribution in [2.45, 2.75) is 6.42 Å². The summed E-state index contributed by atoms with van der Waals surface area (Å²) in [6, 6.07) is 20.8. The molecule has 1 aliphatic heterocycles. The highest BCUT2D eigenvalue weighted by molar-refractivity contribution is 6.07. The molecule has 0 spiro atoms. The van der Waals surface area contributed by atoms with E-state index in [0.717, 1.165) is 27.6 Å². The highest BCUT2D eigenvalue weighted by Gasteiger charge is 2.35. The van der Waals surface area contributed by atoms with E-state index in [1.54, 1.807) is 18.1 Å². The zero-order valence-corrected chi connectivity index (χ0v) is 16.4. The van der Waals surface area contributed by atoms with Crippen LogP contribution in [0.15, 0.2) is 71.1 Å². The quantitative estimate of drug-likeness (QED) is 0.544. The van der Waals surface area contributed by atoms with Crippen molar-refractivity contribution in [3.05, 3.63) is 66.7 Å². The molecule has 0 saturated carbocycles. The first-order valence-electron chi connectivity index (χ1n) is 9.79. The number of carbonyl (C=O) groups excluding carboxylic acids is 2. The van der Waals surface area contributed by atoms with Crippen LogP contribution in [-0.4, -0.2) is 25.5 Å². The molecule has 0 bridgehead atoms. The minimum atomic E-state index is -0.421. The highest BCUT2D eigenvalue weighted by Crippen LogP contribution is 2.31. The van der Waals surface area contributed by atoms with Crippen molar-refractivity contribution in [2.24, 2.45) is 5.92 Å². The van der Waals surface area contributed by atoms with E-state index in [-0.39, 0.29) is 18.2 Å². The fraction of sp³-hybridized carbons (Fsp3) is 0.167. The molecule has 2 heterocycles. The maximum absolute atomic E-state index is 12.8. The van der Waals surface area contributed by atoms with E-state index in [9.17, 15) is 9.59 Å². The van der Waals surface area contributed by atoms with Gasteiger partial charge in [0.25, 0.3) is 0 Å². The molecule has 1 aromatic heterocycles. The third kappa shape index (κ3) is 3.16. The minimum Gasteiger partial charge on any atom is -0.497 e. The largest absolute Gasteiger partial charge is 0.497 e. The van der Waals surface area contributed by atoms with Gasteiger partial charge in [-0.2, -0.15) is 0 Å². The van der Waals surface area contributed by atoms with E-state index < -0.39 is 5.92 Å². The summed E-state index contributed by atoms with van der Waals surface area (Å²) in [5.41, 5.74) is 2.91. The lowest BCUT2D eigenvalue weighted by Gasteiger charge is -2.17. The van der Waals surface area contributed by atoms with Crippen molar-refractivity contribution in [3.8, 4) is 5.75 Å². The summed E-state index contributed by atoms with van der Waals surface area (Å²) < 4.78 is 11.1. The van der Waals surface area contributed by atoms with Crippen LogP contribution >= 0.6 is 0 Å². The minimum absolute atomic E-state index is 0.0730. The summed E-state index contributed by atoms with van der Waals surface area (Å²) in [5.74, 6) is 0.00255. The first-order chi connectivity index (χ1) is 14.6. The Labute approximate surface area is 173 Å². The van der Waals surface area contributed by atoms with Crippen LogP contribution in [0, 0.1) is 5.92 Å². The SMILES string of the molecule is COc1cccc(N2C[C@@H](C(=O)Nc3ccc4c(c3)oc3ccccc34)CC2=O)c1. The molecule has 1 fully saturated rings. The van der Waals surface area contributed by atoms with Gasteiger partial charge in [0, 0.05) is 47.2 Å². The van der Waals surface area contributed by atoms with Crippen LogP contribution in [-0.2, 0) is 9.59 Å². The Morgan fingerprint density at radius 2 is 1.87 bits per heavy atom. The number of hydrogen-bond donors (Lipinski definition) is 1. The molecule has 3 aromatic carbocycles. The Morgan fingerprint density at radius 1 is 1.03 bits per heavy atom. The number of nitrogens with zero attached hydrogens (tertiary/aromatic N) is 1. The van der Waals surface area contributed by atoms with Gasteiger partial charge in [0.05, 0.1) is 13.0 Å². The summed E-state index contributed by atoms with van der Waals surface area (Å²) in [6.45, 7) is 0.338. The maximum atomic E-state index is 12.8. The average molecular weight is 400 g/mol. The van der Waals surface area contributed by atoms with Crippen LogP contribution in [0.3, 0.4) is 0 Å². The van der Waals surface area contributed by atoms with Crippen LogP contribution in [0.4, 0.5) is 11.4 Å². The highest BCUT2D eigenvalue weighted by atomic mass is 16.5. The monoisotopic (exact) mass is 400 g/mol. The van der Waals surface area contributed by atoms with E-state index in [1.165, 1.54) is 0 Å². The van der Waals surface area contributed by atoms with E-state index in [1.807, 2.05) is 60.7 Å². The van der Waals surface area contributed by atoms with Crippen LogP contribution in [0.25, 0.3) is 21.9 Å². The van der Waals surface area contributed by atoms with Crippen molar-refractivity contribution >= 4 is 45.1 Å². The Bertz CT molecular complexity index is 1280. The number of nitrogens with one attached hydrogen (secondary N) is 1. The Kier molecular flexibility index (Phi) is 4.39. The number of anilines is 2.